The Balaban J connectivity index is 1.42. The summed E-state index contributed by atoms with van der Waals surface area (Å²) in [5, 5.41) is 4.52. The number of carbonyl (C=O) groups excluding carboxylic acids is 3. The van der Waals surface area contributed by atoms with Crippen LogP contribution < -0.4 is 10.0 Å². The van der Waals surface area contributed by atoms with E-state index >= 15 is 0 Å². The fourth-order valence-electron chi connectivity index (χ4n) is 3.43. The molecule has 0 bridgehead atoms. The number of carbonyl (C=O) groups is 3. The van der Waals surface area contributed by atoms with Gasteiger partial charge in [0.2, 0.25) is 15.9 Å². The Bertz CT molecular complexity index is 1050. The first-order valence-corrected chi connectivity index (χ1v) is 12.5. The molecule has 1 fully saturated rings. The van der Waals surface area contributed by atoms with Crippen LogP contribution >= 0.6 is 11.3 Å². The molecule has 2 heterocycles. The minimum Gasteiger partial charge on any atom is -0.456 e. The standard InChI is InChI=1S/C21H25N3O6S2/c1-15(25)23-16-6-8-17(9-7-16)32(28,29)22-11-10-21(27)30-14-20(26)24-12-2-4-18(24)19-5-3-13-31-19/h3,5-9,13,18,22H,2,4,10-12,14H2,1H3,(H,23,25). The highest BCUT2D eigenvalue weighted by Crippen LogP contribution is 2.34. The van der Waals surface area contributed by atoms with Crippen molar-refractivity contribution < 1.29 is 27.5 Å². The van der Waals surface area contributed by atoms with Crippen LogP contribution in [-0.4, -0.2) is 50.8 Å². The smallest absolute Gasteiger partial charge is 0.307 e. The minimum atomic E-state index is -3.82. The molecular weight excluding hydrogens is 454 g/mol. The van der Waals surface area contributed by atoms with Gasteiger partial charge in [0.15, 0.2) is 6.61 Å². The first-order valence-electron chi connectivity index (χ1n) is 10.1. The van der Waals surface area contributed by atoms with E-state index in [1.54, 1.807) is 16.2 Å². The largest absolute Gasteiger partial charge is 0.456 e. The third-order valence-electron chi connectivity index (χ3n) is 4.91. The lowest BCUT2D eigenvalue weighted by molar-refractivity contribution is -0.152. The van der Waals surface area contributed by atoms with Gasteiger partial charge in [-0.3, -0.25) is 14.4 Å². The Hall–Kier alpha value is -2.76. The zero-order valence-electron chi connectivity index (χ0n) is 17.6. The molecule has 1 unspecified atom stereocenters. The van der Waals surface area contributed by atoms with Crippen LogP contribution in [0.5, 0.6) is 0 Å². The highest BCUT2D eigenvalue weighted by atomic mass is 32.2. The zero-order valence-corrected chi connectivity index (χ0v) is 19.2. The van der Waals surface area contributed by atoms with E-state index in [0.29, 0.717) is 12.2 Å². The quantitative estimate of drug-likeness (QED) is 0.532. The molecule has 3 rings (SSSR count). The van der Waals surface area contributed by atoms with Crippen LogP contribution in [0.4, 0.5) is 5.69 Å². The van der Waals surface area contributed by atoms with Gasteiger partial charge in [-0.05, 0) is 48.6 Å². The van der Waals surface area contributed by atoms with E-state index in [9.17, 15) is 22.8 Å². The Labute approximate surface area is 190 Å². The molecule has 11 heteroatoms. The molecule has 1 aromatic carbocycles. The maximum atomic E-state index is 12.5. The van der Waals surface area contributed by atoms with E-state index in [0.717, 1.165) is 17.7 Å². The molecule has 2 amide bonds. The van der Waals surface area contributed by atoms with E-state index in [4.69, 9.17) is 4.74 Å². The first-order chi connectivity index (χ1) is 15.3. The Morgan fingerprint density at radius 2 is 1.94 bits per heavy atom. The lowest BCUT2D eigenvalue weighted by Crippen LogP contribution is -2.34. The maximum Gasteiger partial charge on any atom is 0.307 e. The molecular formula is C21H25N3O6S2. The Morgan fingerprint density at radius 1 is 1.19 bits per heavy atom. The summed E-state index contributed by atoms with van der Waals surface area (Å²) < 4.78 is 32.0. The van der Waals surface area contributed by atoms with Gasteiger partial charge in [-0.15, -0.1) is 11.3 Å². The van der Waals surface area contributed by atoms with Crippen LogP contribution in [-0.2, 0) is 29.1 Å². The van der Waals surface area contributed by atoms with Gasteiger partial charge < -0.3 is 15.0 Å². The molecule has 1 aliphatic heterocycles. The monoisotopic (exact) mass is 479 g/mol. The summed E-state index contributed by atoms with van der Waals surface area (Å²) in [5.74, 6) is -1.18. The average molecular weight is 480 g/mol. The van der Waals surface area contributed by atoms with Crippen molar-refractivity contribution >= 4 is 44.8 Å². The third-order valence-corrected chi connectivity index (χ3v) is 7.36. The summed E-state index contributed by atoms with van der Waals surface area (Å²) in [6, 6.07) is 9.60. The molecule has 0 saturated carbocycles. The lowest BCUT2D eigenvalue weighted by Gasteiger charge is -2.23. The van der Waals surface area contributed by atoms with Crippen molar-refractivity contribution in [2.24, 2.45) is 0 Å². The van der Waals surface area contributed by atoms with Gasteiger partial charge in [-0.1, -0.05) is 6.07 Å². The molecule has 32 heavy (non-hydrogen) atoms. The van der Waals surface area contributed by atoms with E-state index in [2.05, 4.69) is 10.0 Å². The Morgan fingerprint density at radius 3 is 2.59 bits per heavy atom. The lowest BCUT2D eigenvalue weighted by atomic mass is 10.2. The summed E-state index contributed by atoms with van der Waals surface area (Å²) in [6.07, 6.45) is 1.58. The number of amides is 2. The number of hydrogen-bond acceptors (Lipinski definition) is 7. The fourth-order valence-corrected chi connectivity index (χ4v) is 5.34. The fraction of sp³-hybridized carbons (Fsp3) is 0.381. The Kier molecular flexibility index (Phi) is 7.99. The number of nitrogens with zero attached hydrogens (tertiary/aromatic N) is 1. The van der Waals surface area contributed by atoms with Crippen LogP contribution in [0.15, 0.2) is 46.7 Å². The molecule has 9 nitrogen and oxygen atoms in total. The minimum absolute atomic E-state index is 0.00352. The zero-order chi connectivity index (χ0) is 23.1. The van der Waals surface area contributed by atoms with Crippen molar-refractivity contribution in [3.8, 4) is 0 Å². The molecule has 172 valence electrons. The summed E-state index contributed by atoms with van der Waals surface area (Å²) in [7, 11) is -3.82. The van der Waals surface area contributed by atoms with Gasteiger partial charge in [-0.2, -0.15) is 0 Å². The number of thiophene rings is 1. The van der Waals surface area contributed by atoms with Gasteiger partial charge >= 0.3 is 5.97 Å². The molecule has 0 radical (unpaired) electrons. The predicted molar refractivity (Wildman–Crippen MR) is 120 cm³/mol. The van der Waals surface area contributed by atoms with Crippen LogP contribution in [0.25, 0.3) is 0 Å². The second-order valence-electron chi connectivity index (χ2n) is 7.27. The maximum absolute atomic E-state index is 12.5. The van der Waals surface area contributed by atoms with Crippen molar-refractivity contribution in [3.05, 3.63) is 46.7 Å². The van der Waals surface area contributed by atoms with Crippen molar-refractivity contribution in [2.75, 3.05) is 25.0 Å². The molecule has 1 aromatic heterocycles. The second kappa shape index (κ2) is 10.7. The number of hydrogen-bond donors (Lipinski definition) is 2. The highest BCUT2D eigenvalue weighted by molar-refractivity contribution is 7.89. The van der Waals surface area contributed by atoms with Crippen LogP contribution in [0, 0.1) is 0 Å². The number of anilines is 1. The number of nitrogens with one attached hydrogen (secondary N) is 2. The van der Waals surface area contributed by atoms with Crippen LogP contribution in [0.2, 0.25) is 0 Å². The van der Waals surface area contributed by atoms with Crippen LogP contribution in [0.1, 0.15) is 37.1 Å². The van der Waals surface area contributed by atoms with Gasteiger partial charge in [0.1, 0.15) is 0 Å². The van der Waals surface area contributed by atoms with Gasteiger partial charge in [-0.25, -0.2) is 13.1 Å². The summed E-state index contributed by atoms with van der Waals surface area (Å²) in [5.41, 5.74) is 0.476. The molecule has 1 saturated heterocycles. The highest BCUT2D eigenvalue weighted by Gasteiger charge is 2.31. The van der Waals surface area contributed by atoms with Crippen molar-refractivity contribution in [1.82, 2.24) is 9.62 Å². The van der Waals surface area contributed by atoms with E-state index < -0.39 is 16.0 Å². The normalized spacial score (nSPS) is 16.0. The second-order valence-corrected chi connectivity index (χ2v) is 10.0. The molecule has 1 aliphatic rings. The van der Waals surface area contributed by atoms with Crippen LogP contribution in [0.3, 0.4) is 0 Å². The van der Waals surface area contributed by atoms with Crippen molar-refractivity contribution in [3.63, 3.8) is 0 Å². The van der Waals surface area contributed by atoms with Gasteiger partial charge in [0, 0.05) is 30.6 Å². The third kappa shape index (κ3) is 6.38. The summed E-state index contributed by atoms with van der Waals surface area (Å²) >= 11 is 1.60. The SMILES string of the molecule is CC(=O)Nc1ccc(S(=O)(=O)NCCC(=O)OCC(=O)N2CCCC2c2cccs2)cc1. The summed E-state index contributed by atoms with van der Waals surface area (Å²) in [4.78, 5) is 38.3. The number of esters is 1. The molecule has 2 N–H and O–H groups in total. The number of sulfonamides is 1. The molecule has 1 atom stereocenters. The number of rotatable bonds is 9. The van der Waals surface area contributed by atoms with Crippen molar-refractivity contribution in [2.45, 2.75) is 37.1 Å². The van der Waals surface area contributed by atoms with Crippen molar-refractivity contribution in [1.29, 1.82) is 0 Å². The average Bonchev–Trinajstić information content (AvgIpc) is 3.43. The topological polar surface area (TPSA) is 122 Å². The molecule has 0 aliphatic carbocycles. The number of likely N-dealkylation sites (tertiary alicyclic amines) is 1. The number of ether oxygens (including phenoxy) is 1. The summed E-state index contributed by atoms with van der Waals surface area (Å²) in [6.45, 7) is 1.45. The van der Waals surface area contributed by atoms with E-state index in [-0.39, 0.29) is 42.3 Å². The van der Waals surface area contributed by atoms with Gasteiger partial charge in [0.25, 0.3) is 5.91 Å². The van der Waals surface area contributed by atoms with E-state index in [1.165, 1.54) is 31.2 Å². The molecule has 0 spiro atoms. The van der Waals surface area contributed by atoms with Gasteiger partial charge in [0.05, 0.1) is 17.4 Å². The first kappa shape index (κ1) is 23.9. The molecule has 2 aromatic rings. The number of benzene rings is 1. The van der Waals surface area contributed by atoms with E-state index in [1.807, 2.05) is 17.5 Å². The predicted octanol–water partition coefficient (Wildman–Crippen LogP) is 2.28.